The first-order valence-corrected chi connectivity index (χ1v) is 12.2. The molecule has 0 saturated heterocycles. The Balaban J connectivity index is 1.71. The van der Waals surface area contributed by atoms with Gasteiger partial charge in [-0.1, -0.05) is 30.7 Å². The lowest BCUT2D eigenvalue weighted by molar-refractivity contribution is -0.122. The molecule has 0 heterocycles. The Kier molecular flexibility index (Phi) is 8.25. The lowest BCUT2D eigenvalue weighted by atomic mass is 10.2. The second kappa shape index (κ2) is 11.1. The highest BCUT2D eigenvalue weighted by atomic mass is 35.5. The van der Waals surface area contributed by atoms with Gasteiger partial charge in [-0.15, -0.1) is 0 Å². The maximum absolute atomic E-state index is 12.9. The number of benzene rings is 3. The summed E-state index contributed by atoms with van der Waals surface area (Å²) < 4.78 is 44.3. The Morgan fingerprint density at radius 1 is 0.971 bits per heavy atom. The molecule has 34 heavy (non-hydrogen) atoms. The largest absolute Gasteiger partial charge is 0.497 e. The molecule has 180 valence electrons. The minimum atomic E-state index is -3.92. The second-order valence-corrected chi connectivity index (χ2v) is 9.22. The zero-order valence-corrected chi connectivity index (χ0v) is 20.4. The van der Waals surface area contributed by atoms with Crippen LogP contribution in [0.4, 0.5) is 11.4 Å². The van der Waals surface area contributed by atoms with Crippen LogP contribution in [0.2, 0.25) is 5.02 Å². The summed E-state index contributed by atoms with van der Waals surface area (Å²) in [5, 5.41) is 3.14. The van der Waals surface area contributed by atoms with E-state index in [1.807, 2.05) is 6.92 Å². The first-order chi connectivity index (χ1) is 16.3. The van der Waals surface area contributed by atoms with Crippen molar-refractivity contribution in [1.29, 1.82) is 0 Å². The molecular weight excluding hydrogens is 480 g/mol. The minimum absolute atomic E-state index is 0.00901. The van der Waals surface area contributed by atoms with Crippen LogP contribution in [-0.4, -0.2) is 34.6 Å². The van der Waals surface area contributed by atoms with E-state index in [-0.39, 0.29) is 16.5 Å². The van der Waals surface area contributed by atoms with Crippen LogP contribution in [0.25, 0.3) is 0 Å². The average molecular weight is 505 g/mol. The normalized spacial score (nSPS) is 11.9. The van der Waals surface area contributed by atoms with E-state index in [0.29, 0.717) is 34.4 Å². The topological polar surface area (TPSA) is 103 Å². The molecular formula is C24H25ClN2O6S. The van der Waals surface area contributed by atoms with Crippen LogP contribution < -0.4 is 24.2 Å². The third-order valence-electron chi connectivity index (χ3n) is 4.85. The van der Waals surface area contributed by atoms with Crippen molar-refractivity contribution in [3.05, 3.63) is 71.8 Å². The first-order valence-electron chi connectivity index (χ1n) is 10.3. The summed E-state index contributed by atoms with van der Waals surface area (Å²) in [5.74, 6) is 0.849. The van der Waals surface area contributed by atoms with Crippen molar-refractivity contribution in [3.8, 4) is 17.2 Å². The molecule has 0 aliphatic carbocycles. The Labute approximate surface area is 203 Å². The summed E-state index contributed by atoms with van der Waals surface area (Å²) >= 11 is 6.11. The van der Waals surface area contributed by atoms with Crippen molar-refractivity contribution < 1.29 is 27.4 Å². The molecule has 3 aromatic carbocycles. The van der Waals surface area contributed by atoms with E-state index in [9.17, 15) is 13.2 Å². The molecule has 0 spiro atoms. The maximum atomic E-state index is 12.9. The van der Waals surface area contributed by atoms with Gasteiger partial charge in [0.2, 0.25) is 0 Å². The molecule has 2 N–H and O–H groups in total. The third kappa shape index (κ3) is 6.12. The van der Waals surface area contributed by atoms with Gasteiger partial charge < -0.3 is 19.5 Å². The van der Waals surface area contributed by atoms with Crippen LogP contribution in [0.3, 0.4) is 0 Å². The maximum Gasteiger partial charge on any atom is 0.265 e. The van der Waals surface area contributed by atoms with Gasteiger partial charge in [0.1, 0.15) is 17.2 Å². The zero-order chi connectivity index (χ0) is 24.7. The number of carbonyl (C=O) groups is 1. The van der Waals surface area contributed by atoms with Crippen LogP contribution in [-0.2, 0) is 14.8 Å². The number of sulfonamides is 1. The molecule has 0 radical (unpaired) electrons. The average Bonchev–Trinajstić information content (AvgIpc) is 2.83. The zero-order valence-electron chi connectivity index (χ0n) is 18.9. The van der Waals surface area contributed by atoms with Gasteiger partial charge >= 0.3 is 0 Å². The van der Waals surface area contributed by atoms with Gasteiger partial charge in [-0.25, -0.2) is 8.42 Å². The number of methoxy groups -OCH3 is 2. The molecule has 1 atom stereocenters. The fraction of sp³-hybridized carbons (Fsp3) is 0.208. The van der Waals surface area contributed by atoms with E-state index >= 15 is 0 Å². The number of anilines is 2. The molecule has 0 bridgehead atoms. The van der Waals surface area contributed by atoms with Gasteiger partial charge in [0.15, 0.2) is 6.10 Å². The van der Waals surface area contributed by atoms with E-state index < -0.39 is 16.1 Å². The summed E-state index contributed by atoms with van der Waals surface area (Å²) in [6.07, 6.45) is -0.360. The Morgan fingerprint density at radius 2 is 1.68 bits per heavy atom. The van der Waals surface area contributed by atoms with E-state index in [4.69, 9.17) is 25.8 Å². The molecule has 0 saturated carbocycles. The summed E-state index contributed by atoms with van der Waals surface area (Å²) in [5.41, 5.74) is 0.658. The van der Waals surface area contributed by atoms with E-state index in [2.05, 4.69) is 10.0 Å². The van der Waals surface area contributed by atoms with Crippen LogP contribution in [0.5, 0.6) is 17.2 Å². The summed E-state index contributed by atoms with van der Waals surface area (Å²) in [6, 6.07) is 17.4. The van der Waals surface area contributed by atoms with Crippen molar-refractivity contribution in [2.45, 2.75) is 24.3 Å². The number of hydrogen-bond acceptors (Lipinski definition) is 6. The van der Waals surface area contributed by atoms with Crippen molar-refractivity contribution in [3.63, 3.8) is 0 Å². The fourth-order valence-corrected chi connectivity index (χ4v) is 4.30. The van der Waals surface area contributed by atoms with Crippen LogP contribution in [0.1, 0.15) is 13.3 Å². The number of carbonyl (C=O) groups excluding carboxylic acids is 1. The van der Waals surface area contributed by atoms with Crippen molar-refractivity contribution in [2.75, 3.05) is 24.3 Å². The Bertz CT molecular complexity index is 1250. The number of rotatable bonds is 10. The summed E-state index contributed by atoms with van der Waals surface area (Å²) in [4.78, 5) is 12.7. The molecule has 1 amide bonds. The Morgan fingerprint density at radius 3 is 2.29 bits per heavy atom. The summed E-state index contributed by atoms with van der Waals surface area (Å²) in [7, 11) is -0.998. The molecule has 3 rings (SSSR count). The lowest BCUT2D eigenvalue weighted by Gasteiger charge is -2.18. The smallest absolute Gasteiger partial charge is 0.265 e. The monoisotopic (exact) mass is 504 g/mol. The molecule has 0 unspecified atom stereocenters. The molecule has 3 aromatic rings. The van der Waals surface area contributed by atoms with Gasteiger partial charge in [0.25, 0.3) is 15.9 Å². The number of halogens is 1. The van der Waals surface area contributed by atoms with Crippen molar-refractivity contribution >= 4 is 38.9 Å². The molecule has 0 aliphatic rings. The van der Waals surface area contributed by atoms with E-state index in [1.54, 1.807) is 36.4 Å². The number of nitrogens with one attached hydrogen (secondary N) is 2. The standard InChI is InChI=1S/C24H25ClN2O6S/c1-4-21(33-22-8-6-5-7-19(22)25)24(28)26-16-9-12-18(13-10-16)34(29,30)27-20-15-17(31-2)11-14-23(20)32-3/h5-15,21,27H,4H2,1-3H3,(H,26,28)/t21-/m0/s1. The highest BCUT2D eigenvalue weighted by Crippen LogP contribution is 2.31. The predicted molar refractivity (Wildman–Crippen MR) is 132 cm³/mol. The van der Waals surface area contributed by atoms with E-state index in [0.717, 1.165) is 0 Å². The van der Waals surface area contributed by atoms with Gasteiger partial charge in [0.05, 0.1) is 29.8 Å². The first kappa shape index (κ1) is 25.2. The van der Waals surface area contributed by atoms with Gasteiger partial charge in [-0.3, -0.25) is 9.52 Å². The lowest BCUT2D eigenvalue weighted by Crippen LogP contribution is -2.32. The van der Waals surface area contributed by atoms with Crippen LogP contribution >= 0.6 is 11.6 Å². The van der Waals surface area contributed by atoms with Gasteiger partial charge in [-0.2, -0.15) is 0 Å². The second-order valence-electron chi connectivity index (χ2n) is 7.13. The number of amides is 1. The molecule has 0 fully saturated rings. The van der Waals surface area contributed by atoms with Crippen molar-refractivity contribution in [1.82, 2.24) is 0 Å². The summed E-state index contributed by atoms with van der Waals surface area (Å²) in [6.45, 7) is 1.81. The number of ether oxygens (including phenoxy) is 3. The Hall–Kier alpha value is -3.43. The number of hydrogen-bond donors (Lipinski definition) is 2. The minimum Gasteiger partial charge on any atom is -0.497 e. The predicted octanol–water partition coefficient (Wildman–Crippen LogP) is 4.95. The SMILES string of the molecule is CC[C@H](Oc1ccccc1Cl)C(=O)Nc1ccc(S(=O)(=O)Nc2cc(OC)ccc2OC)cc1. The molecule has 10 heteroatoms. The quantitative estimate of drug-likeness (QED) is 0.405. The van der Waals surface area contributed by atoms with Gasteiger partial charge in [0, 0.05) is 11.8 Å². The van der Waals surface area contributed by atoms with Crippen LogP contribution in [0, 0.1) is 0 Å². The molecule has 0 aromatic heterocycles. The van der Waals surface area contributed by atoms with Crippen LogP contribution in [0.15, 0.2) is 71.6 Å². The number of para-hydroxylation sites is 1. The third-order valence-corrected chi connectivity index (χ3v) is 6.55. The van der Waals surface area contributed by atoms with E-state index in [1.165, 1.54) is 44.6 Å². The molecule has 8 nitrogen and oxygen atoms in total. The molecule has 0 aliphatic heterocycles. The van der Waals surface area contributed by atoms with Gasteiger partial charge in [-0.05, 0) is 55.0 Å². The highest BCUT2D eigenvalue weighted by Gasteiger charge is 2.21. The fourth-order valence-electron chi connectivity index (χ4n) is 3.05. The highest BCUT2D eigenvalue weighted by molar-refractivity contribution is 7.92. The van der Waals surface area contributed by atoms with Crippen molar-refractivity contribution in [2.24, 2.45) is 0 Å².